The van der Waals surface area contributed by atoms with Crippen LogP contribution >= 0.6 is 0 Å². The Bertz CT molecular complexity index is 880. The summed E-state index contributed by atoms with van der Waals surface area (Å²) in [4.78, 5) is 2.66. The van der Waals surface area contributed by atoms with Gasteiger partial charge in [0.1, 0.15) is 6.29 Å². The van der Waals surface area contributed by atoms with Crippen LogP contribution in [0.2, 0.25) is 19.1 Å². The standard InChI is InChI=1S/C48H91NO3Si/c1-6-9-12-15-17-18-19-20-21-22-23-24-25-26-27-28-30-35-42-49(44-37-38-45-50)43-36-31-33-40-47-53(4,5)52-48(41-34-29-14-11-8-3)51-46-39-32-16-13-10-7-2/h9,12,17-18,20-21,23-24,26-27,48,50H,6-8,10-11,13-16,19,22,25,28-47H2,1-5H3/b12-9-,18-17-,21-20-,24-23-,27-26-. The summed E-state index contributed by atoms with van der Waals surface area (Å²) < 4.78 is 13.2. The average Bonchev–Trinajstić information content (AvgIpc) is 3.14. The molecule has 0 bridgehead atoms. The summed E-state index contributed by atoms with van der Waals surface area (Å²) in [5.41, 5.74) is 0. The third-order valence-electron chi connectivity index (χ3n) is 9.93. The van der Waals surface area contributed by atoms with E-state index >= 15 is 0 Å². The second-order valence-corrected chi connectivity index (χ2v) is 20.0. The van der Waals surface area contributed by atoms with E-state index in [0.717, 1.165) is 64.5 Å². The highest BCUT2D eigenvalue weighted by atomic mass is 28.4. The molecule has 5 heteroatoms. The lowest BCUT2D eigenvalue weighted by molar-refractivity contribution is -0.0926. The van der Waals surface area contributed by atoms with E-state index in [9.17, 15) is 5.11 Å². The lowest BCUT2D eigenvalue weighted by Gasteiger charge is -2.30. The van der Waals surface area contributed by atoms with Gasteiger partial charge in [-0.1, -0.05) is 159 Å². The molecule has 1 N–H and O–H groups in total. The number of ether oxygens (including phenoxy) is 1. The number of nitrogens with zero attached hydrogens (tertiary/aromatic N) is 1. The van der Waals surface area contributed by atoms with Crippen LogP contribution in [-0.2, 0) is 9.16 Å². The molecule has 4 nitrogen and oxygen atoms in total. The van der Waals surface area contributed by atoms with Crippen molar-refractivity contribution in [1.82, 2.24) is 4.90 Å². The van der Waals surface area contributed by atoms with Gasteiger partial charge < -0.3 is 19.2 Å². The van der Waals surface area contributed by atoms with Crippen LogP contribution in [0.15, 0.2) is 60.8 Å². The fourth-order valence-electron chi connectivity index (χ4n) is 6.59. The Labute approximate surface area is 333 Å². The van der Waals surface area contributed by atoms with Crippen molar-refractivity contribution in [2.24, 2.45) is 0 Å². The predicted molar refractivity (Wildman–Crippen MR) is 239 cm³/mol. The van der Waals surface area contributed by atoms with Gasteiger partial charge >= 0.3 is 0 Å². The van der Waals surface area contributed by atoms with Crippen molar-refractivity contribution in [2.75, 3.05) is 32.8 Å². The Morgan fingerprint density at radius 3 is 1.57 bits per heavy atom. The number of hydrogen-bond acceptors (Lipinski definition) is 4. The maximum Gasteiger partial charge on any atom is 0.190 e. The molecule has 0 fully saturated rings. The van der Waals surface area contributed by atoms with Gasteiger partial charge in [0, 0.05) is 13.2 Å². The second-order valence-electron chi connectivity index (χ2n) is 15.8. The summed E-state index contributed by atoms with van der Waals surface area (Å²) in [6, 6.07) is 1.23. The molecule has 0 aromatic carbocycles. The zero-order valence-electron chi connectivity index (χ0n) is 36.2. The molecule has 0 aromatic heterocycles. The van der Waals surface area contributed by atoms with Crippen molar-refractivity contribution >= 4 is 8.32 Å². The van der Waals surface area contributed by atoms with E-state index in [1.165, 1.54) is 135 Å². The quantitative estimate of drug-likeness (QED) is 0.0292. The van der Waals surface area contributed by atoms with Crippen molar-refractivity contribution < 1.29 is 14.3 Å². The van der Waals surface area contributed by atoms with E-state index in [0.29, 0.717) is 6.61 Å². The number of hydrogen-bond donors (Lipinski definition) is 1. The molecular formula is C48H91NO3Si. The van der Waals surface area contributed by atoms with Gasteiger partial charge in [0.15, 0.2) is 8.32 Å². The number of aliphatic hydroxyl groups is 1. The Kier molecular flexibility index (Phi) is 40.9. The van der Waals surface area contributed by atoms with Crippen LogP contribution in [0, 0.1) is 0 Å². The maximum absolute atomic E-state index is 9.32. The fraction of sp³-hybridized carbons (Fsp3) is 0.792. The predicted octanol–water partition coefficient (Wildman–Crippen LogP) is 14.8. The first-order valence-corrected chi connectivity index (χ1v) is 26.0. The van der Waals surface area contributed by atoms with Gasteiger partial charge in [-0.25, -0.2) is 0 Å². The number of unbranched alkanes of at least 4 members (excludes halogenated alkanes) is 15. The van der Waals surface area contributed by atoms with Crippen molar-refractivity contribution in [1.29, 1.82) is 0 Å². The minimum atomic E-state index is -1.76. The van der Waals surface area contributed by atoms with Gasteiger partial charge in [0.2, 0.25) is 0 Å². The Balaban J connectivity index is 4.32. The van der Waals surface area contributed by atoms with Crippen molar-refractivity contribution in [2.45, 2.75) is 213 Å². The van der Waals surface area contributed by atoms with Crippen LogP contribution in [0.25, 0.3) is 0 Å². The monoisotopic (exact) mass is 758 g/mol. The molecule has 0 aliphatic heterocycles. The van der Waals surface area contributed by atoms with E-state index in [-0.39, 0.29) is 6.29 Å². The van der Waals surface area contributed by atoms with Crippen molar-refractivity contribution in [3.05, 3.63) is 60.8 Å². The van der Waals surface area contributed by atoms with E-state index in [4.69, 9.17) is 9.16 Å². The lowest BCUT2D eigenvalue weighted by Crippen LogP contribution is -2.37. The summed E-state index contributed by atoms with van der Waals surface area (Å²) in [5, 5.41) is 9.32. The fourth-order valence-corrected chi connectivity index (χ4v) is 8.71. The summed E-state index contributed by atoms with van der Waals surface area (Å²) >= 11 is 0. The molecule has 0 spiro atoms. The summed E-state index contributed by atoms with van der Waals surface area (Å²) in [6.07, 6.45) is 54.2. The third kappa shape index (κ3) is 40.2. The molecule has 0 saturated heterocycles. The van der Waals surface area contributed by atoms with Gasteiger partial charge in [-0.15, -0.1) is 0 Å². The second kappa shape index (κ2) is 41.9. The first-order chi connectivity index (χ1) is 26.0. The molecule has 1 atom stereocenters. The smallest absolute Gasteiger partial charge is 0.190 e. The molecule has 0 rings (SSSR count). The van der Waals surface area contributed by atoms with Gasteiger partial charge in [-0.2, -0.15) is 0 Å². The highest BCUT2D eigenvalue weighted by Gasteiger charge is 2.26. The lowest BCUT2D eigenvalue weighted by atomic mass is 10.1. The maximum atomic E-state index is 9.32. The summed E-state index contributed by atoms with van der Waals surface area (Å²) in [7, 11) is -1.76. The molecule has 0 radical (unpaired) electrons. The molecule has 0 heterocycles. The van der Waals surface area contributed by atoms with Gasteiger partial charge in [-0.3, -0.25) is 0 Å². The van der Waals surface area contributed by atoms with E-state index in [1.807, 2.05) is 0 Å². The molecule has 0 aromatic rings. The van der Waals surface area contributed by atoms with Crippen molar-refractivity contribution in [3.8, 4) is 0 Å². The van der Waals surface area contributed by atoms with Crippen LogP contribution in [0.4, 0.5) is 0 Å². The first kappa shape index (κ1) is 51.8. The van der Waals surface area contributed by atoms with Crippen molar-refractivity contribution in [3.63, 3.8) is 0 Å². The van der Waals surface area contributed by atoms with E-state index in [2.05, 4.69) is 99.5 Å². The average molecular weight is 758 g/mol. The number of rotatable bonds is 41. The summed E-state index contributed by atoms with van der Waals surface area (Å²) in [5.74, 6) is 0. The molecule has 0 aliphatic carbocycles. The Hall–Kier alpha value is -1.24. The summed E-state index contributed by atoms with van der Waals surface area (Å²) in [6.45, 7) is 16.2. The van der Waals surface area contributed by atoms with Crippen LogP contribution in [0.5, 0.6) is 0 Å². The molecule has 1 unspecified atom stereocenters. The first-order valence-electron chi connectivity index (χ1n) is 22.9. The third-order valence-corrected chi connectivity index (χ3v) is 12.4. The Morgan fingerprint density at radius 2 is 0.981 bits per heavy atom. The molecular weight excluding hydrogens is 667 g/mol. The zero-order valence-corrected chi connectivity index (χ0v) is 37.2. The SMILES string of the molecule is CC/C=C\C/C=C\C/C=C\C/C=C\C/C=C\CCCCN(CCCCO)CCCCCC[Si](C)(C)OC(CCCCCCC)OCCCCCCCC. The Morgan fingerprint density at radius 1 is 0.509 bits per heavy atom. The normalized spacial score (nSPS) is 13.5. The van der Waals surface area contributed by atoms with Gasteiger partial charge in [-0.05, 0) is 129 Å². The molecule has 0 aliphatic rings. The topological polar surface area (TPSA) is 41.9 Å². The highest BCUT2D eigenvalue weighted by molar-refractivity contribution is 6.71. The van der Waals surface area contributed by atoms with Gasteiger partial charge in [0.05, 0.1) is 0 Å². The molecule has 53 heavy (non-hydrogen) atoms. The molecule has 0 amide bonds. The minimum absolute atomic E-state index is 0.00221. The van der Waals surface area contributed by atoms with Crippen LogP contribution < -0.4 is 0 Å². The highest BCUT2D eigenvalue weighted by Crippen LogP contribution is 2.22. The number of allylic oxidation sites excluding steroid dienone is 10. The van der Waals surface area contributed by atoms with Gasteiger partial charge in [0.25, 0.3) is 0 Å². The minimum Gasteiger partial charge on any atom is -0.396 e. The molecule has 0 saturated carbocycles. The van der Waals surface area contributed by atoms with E-state index < -0.39 is 8.32 Å². The zero-order chi connectivity index (χ0) is 38.8. The van der Waals surface area contributed by atoms with Crippen LogP contribution in [0.1, 0.15) is 188 Å². The number of aliphatic hydroxyl groups excluding tert-OH is 1. The van der Waals surface area contributed by atoms with Crippen LogP contribution in [-0.4, -0.2) is 57.5 Å². The largest absolute Gasteiger partial charge is 0.396 e. The molecule has 310 valence electrons. The van der Waals surface area contributed by atoms with E-state index in [1.54, 1.807) is 0 Å². The van der Waals surface area contributed by atoms with Crippen LogP contribution in [0.3, 0.4) is 0 Å².